The van der Waals surface area contributed by atoms with E-state index in [-0.39, 0.29) is 19.0 Å². The van der Waals surface area contributed by atoms with Crippen LogP contribution in [0.4, 0.5) is 0 Å². The van der Waals surface area contributed by atoms with Crippen LogP contribution in [0.25, 0.3) is 0 Å². The van der Waals surface area contributed by atoms with Crippen LogP contribution in [0.2, 0.25) is 0 Å². The molecule has 4 heteroatoms. The number of nitrogens with zero attached hydrogens (tertiary/aromatic N) is 1. The fraction of sp³-hybridized carbons (Fsp3) is 0.467. The molecule has 0 unspecified atom stereocenters. The number of hydrogen-bond acceptors (Lipinski definition) is 4. The molecule has 0 aromatic heterocycles. The zero-order chi connectivity index (χ0) is 14.3. The first-order valence-corrected chi connectivity index (χ1v) is 6.21. The lowest BCUT2D eigenvalue weighted by Gasteiger charge is -2.19. The maximum absolute atomic E-state index is 11.4. The van der Waals surface area contributed by atoms with Crippen molar-refractivity contribution in [2.24, 2.45) is 0 Å². The largest absolute Gasteiger partial charge is 0.493 e. The predicted molar refractivity (Wildman–Crippen MR) is 71.7 cm³/mol. The van der Waals surface area contributed by atoms with Gasteiger partial charge in [0.05, 0.1) is 25.5 Å². The highest BCUT2D eigenvalue weighted by Gasteiger charge is 2.15. The van der Waals surface area contributed by atoms with Gasteiger partial charge >= 0.3 is 5.97 Å². The zero-order valence-electron chi connectivity index (χ0n) is 11.6. The first kappa shape index (κ1) is 15.0. The van der Waals surface area contributed by atoms with Crippen LogP contribution in [0, 0.1) is 11.3 Å². The molecule has 102 valence electrons. The van der Waals surface area contributed by atoms with Gasteiger partial charge in [0.1, 0.15) is 11.4 Å². The van der Waals surface area contributed by atoms with Crippen LogP contribution in [-0.2, 0) is 16.0 Å². The normalized spacial score (nSPS) is 10.6. The third-order valence-corrected chi connectivity index (χ3v) is 2.20. The number of rotatable bonds is 5. The van der Waals surface area contributed by atoms with Crippen molar-refractivity contribution in [2.75, 3.05) is 6.61 Å². The van der Waals surface area contributed by atoms with Crippen LogP contribution in [-0.4, -0.2) is 18.2 Å². The number of hydrogen-bond donors (Lipinski definition) is 0. The molecular formula is C15H19NO3. The quantitative estimate of drug-likeness (QED) is 0.765. The molecule has 0 radical (unpaired) electrons. The minimum Gasteiger partial charge on any atom is -0.493 e. The lowest BCUT2D eigenvalue weighted by molar-refractivity contribution is -0.155. The molecule has 0 fully saturated rings. The second-order valence-electron chi connectivity index (χ2n) is 5.16. The molecule has 0 aliphatic rings. The molecule has 1 rings (SSSR count). The number of ether oxygens (including phenoxy) is 2. The van der Waals surface area contributed by atoms with E-state index in [1.165, 1.54) is 0 Å². The number of esters is 1. The van der Waals surface area contributed by atoms with E-state index < -0.39 is 5.60 Å². The van der Waals surface area contributed by atoms with E-state index >= 15 is 0 Å². The Balaban J connectivity index is 2.33. The Morgan fingerprint density at radius 1 is 1.26 bits per heavy atom. The molecule has 4 nitrogen and oxygen atoms in total. The van der Waals surface area contributed by atoms with Crippen molar-refractivity contribution < 1.29 is 14.3 Å². The second kappa shape index (κ2) is 6.79. The molecule has 0 amide bonds. The van der Waals surface area contributed by atoms with Crippen molar-refractivity contribution in [3.8, 4) is 11.8 Å². The monoisotopic (exact) mass is 261 g/mol. The van der Waals surface area contributed by atoms with Crippen LogP contribution in [0.5, 0.6) is 5.75 Å². The molecular weight excluding hydrogens is 242 g/mol. The number of nitriles is 1. The third kappa shape index (κ3) is 6.46. The summed E-state index contributed by atoms with van der Waals surface area (Å²) in [6.45, 7) is 5.78. The average Bonchev–Trinajstić information content (AvgIpc) is 2.29. The Bertz CT molecular complexity index is 452. The molecule has 0 spiro atoms. The SMILES string of the molecule is CC(C)(C)OC(=O)CCOc1ccc(CC#N)cc1. The lowest BCUT2D eigenvalue weighted by atomic mass is 10.2. The standard InChI is InChI=1S/C15H19NO3/c1-15(2,3)19-14(17)9-11-18-13-6-4-12(5-7-13)8-10-16/h4-7H,8-9,11H2,1-3H3. The molecule has 0 aliphatic heterocycles. The van der Waals surface area contributed by atoms with Crippen molar-refractivity contribution in [3.05, 3.63) is 29.8 Å². The summed E-state index contributed by atoms with van der Waals surface area (Å²) < 4.78 is 10.6. The summed E-state index contributed by atoms with van der Waals surface area (Å²) in [5, 5.41) is 8.55. The molecule has 0 heterocycles. The molecule has 19 heavy (non-hydrogen) atoms. The van der Waals surface area contributed by atoms with Gasteiger partial charge in [0.25, 0.3) is 0 Å². The van der Waals surface area contributed by atoms with E-state index in [1.807, 2.05) is 32.9 Å². The number of benzene rings is 1. The van der Waals surface area contributed by atoms with Gasteiger partial charge in [-0.1, -0.05) is 12.1 Å². The van der Waals surface area contributed by atoms with Gasteiger partial charge in [-0.3, -0.25) is 4.79 Å². The molecule has 0 bridgehead atoms. The average molecular weight is 261 g/mol. The lowest BCUT2D eigenvalue weighted by Crippen LogP contribution is -2.24. The molecule has 0 aliphatic carbocycles. The smallest absolute Gasteiger partial charge is 0.309 e. The van der Waals surface area contributed by atoms with Gasteiger partial charge in [-0.15, -0.1) is 0 Å². The summed E-state index contributed by atoms with van der Waals surface area (Å²) in [5.41, 5.74) is 0.484. The van der Waals surface area contributed by atoms with Crippen molar-refractivity contribution in [3.63, 3.8) is 0 Å². The van der Waals surface area contributed by atoms with Gasteiger partial charge in [-0.2, -0.15) is 5.26 Å². The van der Waals surface area contributed by atoms with Crippen LogP contribution < -0.4 is 4.74 Å². The van der Waals surface area contributed by atoms with Gasteiger partial charge in [0, 0.05) is 0 Å². The van der Waals surface area contributed by atoms with Crippen LogP contribution in [0.15, 0.2) is 24.3 Å². The minimum absolute atomic E-state index is 0.219. The first-order chi connectivity index (χ1) is 8.90. The van der Waals surface area contributed by atoms with Crippen LogP contribution >= 0.6 is 0 Å². The minimum atomic E-state index is -0.462. The highest BCUT2D eigenvalue weighted by atomic mass is 16.6. The highest BCUT2D eigenvalue weighted by Crippen LogP contribution is 2.13. The van der Waals surface area contributed by atoms with Gasteiger partial charge in [0.15, 0.2) is 0 Å². The first-order valence-electron chi connectivity index (χ1n) is 6.21. The van der Waals surface area contributed by atoms with Crippen LogP contribution in [0.1, 0.15) is 32.8 Å². The number of carbonyl (C=O) groups excluding carboxylic acids is 1. The maximum atomic E-state index is 11.4. The van der Waals surface area contributed by atoms with Crippen molar-refractivity contribution >= 4 is 5.97 Å². The Hall–Kier alpha value is -2.02. The van der Waals surface area contributed by atoms with E-state index in [2.05, 4.69) is 6.07 Å². The predicted octanol–water partition coefficient (Wildman–Crippen LogP) is 2.86. The fourth-order valence-electron chi connectivity index (χ4n) is 1.44. The third-order valence-electron chi connectivity index (χ3n) is 2.20. The molecule has 0 saturated carbocycles. The highest BCUT2D eigenvalue weighted by molar-refractivity contribution is 5.69. The summed E-state index contributed by atoms with van der Waals surface area (Å²) >= 11 is 0. The van der Waals surface area contributed by atoms with Gasteiger partial charge < -0.3 is 9.47 Å². The molecule has 0 saturated heterocycles. The van der Waals surface area contributed by atoms with Crippen LogP contribution in [0.3, 0.4) is 0 Å². The van der Waals surface area contributed by atoms with Crippen molar-refractivity contribution in [2.45, 2.75) is 39.2 Å². The van der Waals surface area contributed by atoms with Gasteiger partial charge in [0.2, 0.25) is 0 Å². The topological polar surface area (TPSA) is 59.3 Å². The molecule has 1 aromatic rings. The van der Waals surface area contributed by atoms with E-state index in [9.17, 15) is 4.79 Å². The summed E-state index contributed by atoms with van der Waals surface area (Å²) in [6, 6.07) is 9.35. The van der Waals surface area contributed by atoms with Gasteiger partial charge in [-0.05, 0) is 38.5 Å². The summed E-state index contributed by atoms with van der Waals surface area (Å²) in [5.74, 6) is 0.416. The zero-order valence-corrected chi connectivity index (χ0v) is 11.6. The van der Waals surface area contributed by atoms with E-state index in [0.717, 1.165) is 5.56 Å². The van der Waals surface area contributed by atoms with Gasteiger partial charge in [-0.25, -0.2) is 0 Å². The second-order valence-corrected chi connectivity index (χ2v) is 5.16. The summed E-state index contributed by atoms with van der Waals surface area (Å²) in [6.07, 6.45) is 0.607. The molecule has 1 aromatic carbocycles. The Labute approximate surface area is 113 Å². The fourth-order valence-corrected chi connectivity index (χ4v) is 1.44. The van der Waals surface area contributed by atoms with Crippen molar-refractivity contribution in [1.82, 2.24) is 0 Å². The Morgan fingerprint density at radius 2 is 1.89 bits per heavy atom. The molecule has 0 N–H and O–H groups in total. The summed E-state index contributed by atoms with van der Waals surface area (Å²) in [7, 11) is 0. The van der Waals surface area contributed by atoms with E-state index in [0.29, 0.717) is 12.2 Å². The maximum Gasteiger partial charge on any atom is 0.309 e. The Morgan fingerprint density at radius 3 is 2.42 bits per heavy atom. The molecule has 0 atom stereocenters. The van der Waals surface area contributed by atoms with E-state index in [4.69, 9.17) is 14.7 Å². The Kier molecular flexibility index (Phi) is 5.37. The number of carbonyl (C=O) groups is 1. The summed E-state index contributed by atoms with van der Waals surface area (Å²) in [4.78, 5) is 11.4. The van der Waals surface area contributed by atoms with Crippen molar-refractivity contribution in [1.29, 1.82) is 5.26 Å². The van der Waals surface area contributed by atoms with E-state index in [1.54, 1.807) is 12.1 Å².